The van der Waals surface area contributed by atoms with Crippen LogP contribution in [0.3, 0.4) is 0 Å². The van der Waals surface area contributed by atoms with Crippen molar-refractivity contribution in [2.45, 2.75) is 52.7 Å². The van der Waals surface area contributed by atoms with Crippen LogP contribution in [0.4, 0.5) is 0 Å². The van der Waals surface area contributed by atoms with E-state index in [1.807, 2.05) is 43.1 Å². The zero-order valence-corrected chi connectivity index (χ0v) is 19.9. The second kappa shape index (κ2) is 11.4. The van der Waals surface area contributed by atoms with Crippen LogP contribution in [-0.4, -0.2) is 40.5 Å². The van der Waals surface area contributed by atoms with E-state index in [0.29, 0.717) is 19.0 Å². The fraction of sp³-hybridized carbons (Fsp3) is 0.524. The summed E-state index contributed by atoms with van der Waals surface area (Å²) in [6.45, 7) is 13.1. The first-order valence-corrected chi connectivity index (χ1v) is 9.59. The minimum Gasteiger partial charge on any atom is -0.386 e. The lowest BCUT2D eigenvalue weighted by atomic mass is 9.86. The molecule has 0 amide bonds. The third-order valence-corrected chi connectivity index (χ3v) is 4.32. The Morgan fingerprint density at radius 2 is 1.89 bits per heavy atom. The van der Waals surface area contributed by atoms with Gasteiger partial charge in [-0.2, -0.15) is 5.10 Å². The number of hydrogen-bond acceptors (Lipinski definition) is 3. The summed E-state index contributed by atoms with van der Waals surface area (Å²) in [7, 11) is 0. The maximum absolute atomic E-state index is 10.5. The Morgan fingerprint density at radius 3 is 2.43 bits per heavy atom. The molecule has 1 aromatic heterocycles. The number of hydrogen-bond donors (Lipinski definition) is 3. The van der Waals surface area contributed by atoms with Gasteiger partial charge < -0.3 is 15.7 Å². The Hall–Kier alpha value is -1.61. The molecule has 28 heavy (non-hydrogen) atoms. The molecule has 0 aliphatic carbocycles. The first kappa shape index (κ1) is 24.4. The van der Waals surface area contributed by atoms with Crippen molar-refractivity contribution in [2.75, 3.05) is 19.6 Å². The van der Waals surface area contributed by atoms with Crippen molar-refractivity contribution in [3.05, 3.63) is 53.3 Å². The van der Waals surface area contributed by atoms with E-state index in [-0.39, 0.29) is 29.4 Å². The summed E-state index contributed by atoms with van der Waals surface area (Å²) in [5.41, 5.74) is 3.40. The molecule has 0 aliphatic rings. The summed E-state index contributed by atoms with van der Waals surface area (Å²) in [4.78, 5) is 4.51. The number of benzene rings is 1. The first-order chi connectivity index (χ1) is 12.8. The fourth-order valence-corrected chi connectivity index (χ4v) is 2.71. The summed E-state index contributed by atoms with van der Waals surface area (Å²) in [6.07, 6.45) is 3.24. The minimum atomic E-state index is -0.622. The number of guanidine groups is 1. The normalized spacial score (nSPS) is 13.0. The van der Waals surface area contributed by atoms with Crippen LogP contribution in [0.5, 0.6) is 0 Å². The topological polar surface area (TPSA) is 74.5 Å². The molecule has 2 aromatic rings. The van der Waals surface area contributed by atoms with Crippen molar-refractivity contribution in [3.63, 3.8) is 0 Å². The average Bonchev–Trinajstić information content (AvgIpc) is 3.04. The van der Waals surface area contributed by atoms with E-state index in [1.165, 1.54) is 5.56 Å². The second-order valence-electron chi connectivity index (χ2n) is 7.81. The number of nitrogens with zero attached hydrogens (tertiary/aromatic N) is 3. The van der Waals surface area contributed by atoms with Gasteiger partial charge in [0.2, 0.25) is 0 Å². The standard InChI is InChI=1S/C21H33N5O.HI/c1-6-22-20(23-11-12-26-15-16(2)13-25-26)24-14-19(27)17-7-9-18(10-8-17)21(3,4)5;/h7-10,13,15,19,27H,6,11-12,14H2,1-5H3,(H2,22,23,24);1H. The lowest BCUT2D eigenvalue weighted by Gasteiger charge is -2.20. The molecule has 0 spiro atoms. The molecule has 1 atom stereocenters. The smallest absolute Gasteiger partial charge is 0.191 e. The maximum atomic E-state index is 10.5. The van der Waals surface area contributed by atoms with E-state index in [9.17, 15) is 5.11 Å². The Kier molecular flexibility index (Phi) is 9.95. The van der Waals surface area contributed by atoms with Crippen molar-refractivity contribution in [1.29, 1.82) is 0 Å². The molecule has 0 saturated carbocycles. The van der Waals surface area contributed by atoms with Crippen molar-refractivity contribution in [1.82, 2.24) is 20.4 Å². The van der Waals surface area contributed by atoms with Crippen LogP contribution in [0.2, 0.25) is 0 Å². The molecule has 1 unspecified atom stereocenters. The summed E-state index contributed by atoms with van der Waals surface area (Å²) in [5.74, 6) is 0.701. The minimum absolute atomic E-state index is 0. The highest BCUT2D eigenvalue weighted by Crippen LogP contribution is 2.24. The van der Waals surface area contributed by atoms with Gasteiger partial charge in [0.05, 0.1) is 25.4 Å². The SMILES string of the molecule is CCNC(=NCC(O)c1ccc(C(C)(C)C)cc1)NCCn1cc(C)cn1.I. The first-order valence-electron chi connectivity index (χ1n) is 9.59. The molecule has 1 heterocycles. The van der Waals surface area contributed by atoms with Gasteiger partial charge in [-0.3, -0.25) is 9.67 Å². The molecule has 0 aliphatic heterocycles. The third kappa shape index (κ3) is 7.79. The van der Waals surface area contributed by atoms with Crippen LogP contribution < -0.4 is 10.6 Å². The van der Waals surface area contributed by atoms with Gasteiger partial charge in [-0.25, -0.2) is 0 Å². The van der Waals surface area contributed by atoms with Gasteiger partial charge in [0.15, 0.2) is 5.96 Å². The van der Waals surface area contributed by atoms with Crippen molar-refractivity contribution < 1.29 is 5.11 Å². The molecule has 0 radical (unpaired) electrons. The summed E-state index contributed by atoms with van der Waals surface area (Å²) < 4.78 is 1.90. The van der Waals surface area contributed by atoms with E-state index in [0.717, 1.165) is 24.2 Å². The quantitative estimate of drug-likeness (QED) is 0.310. The second-order valence-corrected chi connectivity index (χ2v) is 7.81. The van der Waals surface area contributed by atoms with Gasteiger partial charge in [-0.05, 0) is 36.0 Å². The third-order valence-electron chi connectivity index (χ3n) is 4.32. The Morgan fingerprint density at radius 1 is 1.21 bits per heavy atom. The highest BCUT2D eigenvalue weighted by Gasteiger charge is 2.14. The van der Waals surface area contributed by atoms with Crippen LogP contribution in [0.15, 0.2) is 41.7 Å². The zero-order valence-electron chi connectivity index (χ0n) is 17.6. The number of aromatic nitrogens is 2. The van der Waals surface area contributed by atoms with E-state index in [4.69, 9.17) is 0 Å². The van der Waals surface area contributed by atoms with E-state index < -0.39 is 6.10 Å². The largest absolute Gasteiger partial charge is 0.386 e. The number of halogens is 1. The molecule has 2 rings (SSSR count). The van der Waals surface area contributed by atoms with Crippen molar-refractivity contribution in [2.24, 2.45) is 4.99 Å². The van der Waals surface area contributed by atoms with E-state index >= 15 is 0 Å². The number of rotatable bonds is 7. The monoisotopic (exact) mass is 499 g/mol. The molecule has 1 aromatic carbocycles. The molecule has 0 fully saturated rings. The van der Waals surface area contributed by atoms with Crippen LogP contribution in [-0.2, 0) is 12.0 Å². The van der Waals surface area contributed by atoms with E-state index in [2.05, 4.69) is 53.6 Å². The number of aliphatic imine (C=N–C) groups is 1. The predicted molar refractivity (Wildman–Crippen MR) is 126 cm³/mol. The van der Waals surface area contributed by atoms with Gasteiger partial charge in [0, 0.05) is 19.3 Å². The Bertz CT molecular complexity index is 734. The van der Waals surface area contributed by atoms with Gasteiger partial charge in [-0.1, -0.05) is 45.0 Å². The zero-order chi connectivity index (χ0) is 19.9. The number of aryl methyl sites for hydroxylation is 1. The lowest BCUT2D eigenvalue weighted by Crippen LogP contribution is -2.39. The summed E-state index contributed by atoms with van der Waals surface area (Å²) >= 11 is 0. The molecule has 7 heteroatoms. The summed E-state index contributed by atoms with van der Waals surface area (Å²) in [5, 5.41) is 21.2. The molecular weight excluding hydrogens is 465 g/mol. The molecule has 6 nitrogen and oxygen atoms in total. The van der Waals surface area contributed by atoms with Crippen molar-refractivity contribution in [3.8, 4) is 0 Å². The Labute approximate surface area is 185 Å². The van der Waals surface area contributed by atoms with E-state index in [1.54, 1.807) is 0 Å². The maximum Gasteiger partial charge on any atom is 0.191 e. The van der Waals surface area contributed by atoms with Gasteiger partial charge >= 0.3 is 0 Å². The van der Waals surface area contributed by atoms with Crippen molar-refractivity contribution >= 4 is 29.9 Å². The van der Waals surface area contributed by atoms with Crippen LogP contribution in [0.25, 0.3) is 0 Å². The highest BCUT2D eigenvalue weighted by atomic mass is 127. The van der Waals surface area contributed by atoms with Gasteiger partial charge in [-0.15, -0.1) is 24.0 Å². The predicted octanol–water partition coefficient (Wildman–Crippen LogP) is 3.40. The number of nitrogens with one attached hydrogen (secondary N) is 2. The molecule has 0 bridgehead atoms. The fourth-order valence-electron chi connectivity index (χ4n) is 2.71. The van der Waals surface area contributed by atoms with Crippen LogP contribution in [0, 0.1) is 6.92 Å². The Balaban J connectivity index is 0.00000392. The van der Waals surface area contributed by atoms with Gasteiger partial charge in [0.25, 0.3) is 0 Å². The highest BCUT2D eigenvalue weighted by molar-refractivity contribution is 14.0. The lowest BCUT2D eigenvalue weighted by molar-refractivity contribution is 0.187. The van der Waals surface area contributed by atoms with Crippen LogP contribution >= 0.6 is 24.0 Å². The number of aliphatic hydroxyl groups excluding tert-OH is 1. The summed E-state index contributed by atoms with van der Waals surface area (Å²) in [6, 6.07) is 8.14. The van der Waals surface area contributed by atoms with Crippen LogP contribution in [0.1, 0.15) is 50.5 Å². The average molecular weight is 499 g/mol. The molecule has 156 valence electrons. The molecule has 0 saturated heterocycles. The van der Waals surface area contributed by atoms with Gasteiger partial charge in [0.1, 0.15) is 0 Å². The molecule has 3 N–H and O–H groups in total. The molecular formula is C21H34IN5O. The number of aliphatic hydroxyl groups is 1.